The van der Waals surface area contributed by atoms with Crippen LogP contribution in [0.1, 0.15) is 29.6 Å². The molecule has 0 aromatic heterocycles. The molecule has 1 saturated heterocycles. The number of rotatable bonds is 3. The topological polar surface area (TPSA) is 20.3 Å². The normalized spacial score (nSPS) is 14.9. The minimum atomic E-state index is -0.654. The highest BCUT2D eigenvalue weighted by molar-refractivity contribution is 5.89. The Balaban J connectivity index is 2.06. The molecular weight excluding hydrogens is 284 g/mol. The van der Waals surface area contributed by atoms with E-state index in [4.69, 9.17) is 0 Å². The molecule has 114 valence electrons. The number of anilines is 1. The quantitative estimate of drug-likeness (QED) is 0.781. The predicted molar refractivity (Wildman–Crippen MR) is 83.2 cm³/mol. The average Bonchev–Trinajstić information content (AvgIpc) is 2.55. The zero-order valence-corrected chi connectivity index (χ0v) is 12.2. The van der Waals surface area contributed by atoms with Crippen LogP contribution in [0, 0.1) is 11.6 Å². The molecule has 4 heteroatoms. The fraction of sp³-hybridized carbons (Fsp3) is 0.278. The zero-order chi connectivity index (χ0) is 15.5. The maximum absolute atomic E-state index is 14.1. The van der Waals surface area contributed by atoms with Gasteiger partial charge >= 0.3 is 0 Å². The van der Waals surface area contributed by atoms with Gasteiger partial charge in [0.15, 0.2) is 6.29 Å². The smallest absolute Gasteiger partial charge is 0.150 e. The predicted octanol–water partition coefficient (Wildman–Crippen LogP) is 4.43. The molecule has 2 aromatic rings. The molecule has 0 saturated carbocycles. The third-order valence-electron chi connectivity index (χ3n) is 4.11. The largest absolute Gasteiger partial charge is 0.372 e. The number of piperidine rings is 1. The van der Waals surface area contributed by atoms with Crippen LogP contribution in [0.2, 0.25) is 0 Å². The van der Waals surface area contributed by atoms with Crippen molar-refractivity contribution in [1.82, 2.24) is 0 Å². The van der Waals surface area contributed by atoms with Crippen molar-refractivity contribution >= 4 is 12.0 Å². The van der Waals surface area contributed by atoms with E-state index in [1.54, 1.807) is 6.07 Å². The van der Waals surface area contributed by atoms with E-state index in [0.29, 0.717) is 17.4 Å². The molecule has 0 aliphatic carbocycles. The minimum Gasteiger partial charge on any atom is -0.372 e. The second-order valence-electron chi connectivity index (χ2n) is 5.56. The van der Waals surface area contributed by atoms with Crippen molar-refractivity contribution in [3.63, 3.8) is 0 Å². The molecule has 0 atom stereocenters. The van der Waals surface area contributed by atoms with E-state index >= 15 is 0 Å². The first-order chi connectivity index (χ1) is 10.7. The number of halogens is 2. The molecule has 2 nitrogen and oxygen atoms in total. The zero-order valence-electron chi connectivity index (χ0n) is 12.2. The number of benzene rings is 2. The number of hydrogen-bond acceptors (Lipinski definition) is 2. The van der Waals surface area contributed by atoms with Crippen LogP contribution in [0.25, 0.3) is 11.1 Å². The summed E-state index contributed by atoms with van der Waals surface area (Å²) < 4.78 is 27.2. The van der Waals surface area contributed by atoms with Crippen molar-refractivity contribution in [2.24, 2.45) is 0 Å². The highest BCUT2D eigenvalue weighted by Gasteiger charge is 2.15. The van der Waals surface area contributed by atoms with Crippen LogP contribution in [-0.4, -0.2) is 19.4 Å². The maximum atomic E-state index is 14.1. The highest BCUT2D eigenvalue weighted by Crippen LogP contribution is 2.31. The molecule has 1 aliphatic heterocycles. The molecule has 0 N–H and O–H groups in total. The molecule has 3 rings (SSSR count). The van der Waals surface area contributed by atoms with E-state index in [0.717, 1.165) is 37.7 Å². The standard InChI is InChI=1S/C18H17F2NO/c19-14-5-7-16(18(20)10-14)17-11-15(6-4-13(17)12-22)21-8-2-1-3-9-21/h4-7,10-12H,1-3,8-9H2. The van der Waals surface area contributed by atoms with E-state index in [1.165, 1.54) is 18.6 Å². The van der Waals surface area contributed by atoms with Crippen molar-refractivity contribution in [3.05, 3.63) is 53.6 Å². The maximum Gasteiger partial charge on any atom is 0.150 e. The molecule has 0 radical (unpaired) electrons. The SMILES string of the molecule is O=Cc1ccc(N2CCCCC2)cc1-c1ccc(F)cc1F. The summed E-state index contributed by atoms with van der Waals surface area (Å²) in [6.07, 6.45) is 4.20. The first kappa shape index (κ1) is 14.7. The summed E-state index contributed by atoms with van der Waals surface area (Å²) in [5.74, 6) is -1.28. The van der Waals surface area contributed by atoms with E-state index in [2.05, 4.69) is 4.90 Å². The molecule has 2 aromatic carbocycles. The summed E-state index contributed by atoms with van der Waals surface area (Å²) in [7, 11) is 0. The van der Waals surface area contributed by atoms with E-state index in [1.807, 2.05) is 12.1 Å². The van der Waals surface area contributed by atoms with Crippen LogP contribution >= 0.6 is 0 Å². The Morgan fingerprint density at radius 2 is 1.68 bits per heavy atom. The summed E-state index contributed by atoms with van der Waals surface area (Å²) in [4.78, 5) is 13.5. The Bertz CT molecular complexity index is 693. The van der Waals surface area contributed by atoms with Gasteiger partial charge in [-0.3, -0.25) is 4.79 Å². The van der Waals surface area contributed by atoms with Gasteiger partial charge in [0.2, 0.25) is 0 Å². The van der Waals surface area contributed by atoms with Crippen molar-refractivity contribution in [2.75, 3.05) is 18.0 Å². The van der Waals surface area contributed by atoms with Crippen LogP contribution in [0.3, 0.4) is 0 Å². The van der Waals surface area contributed by atoms with Gasteiger partial charge in [-0.05, 0) is 55.2 Å². The molecule has 0 bridgehead atoms. The van der Waals surface area contributed by atoms with Crippen LogP contribution in [0.15, 0.2) is 36.4 Å². The second-order valence-corrected chi connectivity index (χ2v) is 5.56. The van der Waals surface area contributed by atoms with Crippen molar-refractivity contribution in [3.8, 4) is 11.1 Å². The summed E-state index contributed by atoms with van der Waals surface area (Å²) in [5.41, 5.74) is 2.15. The van der Waals surface area contributed by atoms with Crippen LogP contribution in [0.4, 0.5) is 14.5 Å². The number of hydrogen-bond donors (Lipinski definition) is 0. The van der Waals surface area contributed by atoms with Gasteiger partial charge in [-0.25, -0.2) is 8.78 Å². The summed E-state index contributed by atoms with van der Waals surface area (Å²) >= 11 is 0. The molecule has 22 heavy (non-hydrogen) atoms. The Morgan fingerprint density at radius 1 is 0.909 bits per heavy atom. The second kappa shape index (κ2) is 6.26. The fourth-order valence-electron chi connectivity index (χ4n) is 2.94. The average molecular weight is 301 g/mol. The third-order valence-corrected chi connectivity index (χ3v) is 4.11. The van der Waals surface area contributed by atoms with Crippen molar-refractivity contribution in [2.45, 2.75) is 19.3 Å². The van der Waals surface area contributed by atoms with Crippen molar-refractivity contribution < 1.29 is 13.6 Å². The summed E-state index contributed by atoms with van der Waals surface area (Å²) in [6.45, 7) is 1.93. The number of carbonyl (C=O) groups is 1. The number of aldehydes is 1. The summed E-state index contributed by atoms with van der Waals surface area (Å²) in [6, 6.07) is 8.85. The molecular formula is C18H17F2NO. The Morgan fingerprint density at radius 3 is 2.36 bits per heavy atom. The minimum absolute atomic E-state index is 0.252. The first-order valence-electron chi connectivity index (χ1n) is 7.48. The molecule has 1 heterocycles. The van der Waals surface area contributed by atoms with Gasteiger partial charge in [-0.1, -0.05) is 0 Å². The van der Waals surface area contributed by atoms with Gasteiger partial charge in [0, 0.05) is 36.0 Å². The molecule has 0 spiro atoms. The van der Waals surface area contributed by atoms with Crippen LogP contribution in [0.5, 0.6) is 0 Å². The van der Waals surface area contributed by atoms with Gasteiger partial charge in [0.05, 0.1) is 0 Å². The number of nitrogens with zero attached hydrogens (tertiary/aromatic N) is 1. The lowest BCUT2D eigenvalue weighted by molar-refractivity contribution is 0.112. The Hall–Kier alpha value is -2.23. The highest BCUT2D eigenvalue weighted by atomic mass is 19.1. The molecule has 1 fully saturated rings. The van der Waals surface area contributed by atoms with Gasteiger partial charge in [0.1, 0.15) is 11.6 Å². The monoisotopic (exact) mass is 301 g/mol. The van der Waals surface area contributed by atoms with Gasteiger partial charge < -0.3 is 4.90 Å². The third kappa shape index (κ3) is 2.86. The lowest BCUT2D eigenvalue weighted by Gasteiger charge is -2.29. The first-order valence-corrected chi connectivity index (χ1v) is 7.48. The lowest BCUT2D eigenvalue weighted by Crippen LogP contribution is -2.29. The van der Waals surface area contributed by atoms with Crippen LogP contribution < -0.4 is 4.90 Å². The van der Waals surface area contributed by atoms with Gasteiger partial charge in [0.25, 0.3) is 0 Å². The van der Waals surface area contributed by atoms with E-state index < -0.39 is 11.6 Å². The number of carbonyl (C=O) groups excluding carboxylic acids is 1. The Labute approximate surface area is 128 Å². The molecule has 1 aliphatic rings. The van der Waals surface area contributed by atoms with E-state index in [9.17, 15) is 13.6 Å². The lowest BCUT2D eigenvalue weighted by atomic mass is 9.98. The van der Waals surface area contributed by atoms with Gasteiger partial charge in [-0.2, -0.15) is 0 Å². The summed E-state index contributed by atoms with van der Waals surface area (Å²) in [5, 5.41) is 0. The van der Waals surface area contributed by atoms with Crippen molar-refractivity contribution in [1.29, 1.82) is 0 Å². The van der Waals surface area contributed by atoms with Gasteiger partial charge in [-0.15, -0.1) is 0 Å². The Kier molecular flexibility index (Phi) is 4.18. The molecule has 0 unspecified atom stereocenters. The van der Waals surface area contributed by atoms with Crippen LogP contribution in [-0.2, 0) is 0 Å². The fourth-order valence-corrected chi connectivity index (χ4v) is 2.94. The molecule has 0 amide bonds. The van der Waals surface area contributed by atoms with E-state index in [-0.39, 0.29) is 5.56 Å².